The molecule has 0 spiro atoms. The molecule has 0 aliphatic carbocycles. The highest BCUT2D eigenvalue weighted by Gasteiger charge is 2.36. The van der Waals surface area contributed by atoms with Crippen molar-refractivity contribution in [2.75, 3.05) is 14.2 Å². The Hall–Kier alpha value is -3.12. The number of carbonyl (C=O) groups excluding carboxylic acids is 2. The molecule has 230 valence electrons. The van der Waals surface area contributed by atoms with Crippen molar-refractivity contribution in [3.63, 3.8) is 0 Å². The first kappa shape index (κ1) is 35.9. The van der Waals surface area contributed by atoms with Crippen LogP contribution in [0.25, 0.3) is 6.08 Å². The Balaban J connectivity index is 0.00000145. The second-order valence-corrected chi connectivity index (χ2v) is 13.2. The molecule has 0 aromatic heterocycles. The van der Waals surface area contributed by atoms with Crippen LogP contribution >= 0.6 is 0 Å². The lowest BCUT2D eigenvalue weighted by atomic mass is 9.79. The van der Waals surface area contributed by atoms with Crippen molar-refractivity contribution in [2.45, 2.75) is 101 Å². The summed E-state index contributed by atoms with van der Waals surface area (Å²) in [5.41, 5.74) is 6.47. The van der Waals surface area contributed by atoms with Crippen molar-refractivity contribution < 1.29 is 20.5 Å². The zero-order valence-electron chi connectivity index (χ0n) is 27.8. The van der Waals surface area contributed by atoms with E-state index in [4.69, 9.17) is 9.47 Å². The highest BCUT2D eigenvalue weighted by molar-refractivity contribution is 6.01. The van der Waals surface area contributed by atoms with Crippen molar-refractivity contribution in [3.05, 3.63) is 70.8 Å². The molecule has 0 aliphatic heterocycles. The van der Waals surface area contributed by atoms with Crippen molar-refractivity contribution >= 4 is 17.9 Å². The molecule has 0 aliphatic rings. The van der Waals surface area contributed by atoms with Gasteiger partial charge in [-0.15, -0.1) is 0 Å². The standard InChI is InChI=1S/C27H36N2O3.C8H18O.H2/c1-9-12-24(27(5,6)7)29(26(31)23-17-21(32-8)16-15-18(23)3)28-25(30)22-14-11-13-20(10-2)19(22)4;1-7(2,3)8(4,5)9-6;/h10-11,13-17,24H,2,9,12H2,1,3-8H3,(H,28,30);1-6H3;1H. The molecular formula is C35H56N2O4. The summed E-state index contributed by atoms with van der Waals surface area (Å²) in [5.74, 6) is 0.0358. The van der Waals surface area contributed by atoms with E-state index in [1.165, 1.54) is 5.01 Å². The van der Waals surface area contributed by atoms with E-state index in [1.807, 2.05) is 38.1 Å². The summed E-state index contributed by atoms with van der Waals surface area (Å²) in [6, 6.07) is 10.7. The number of carbonyl (C=O) groups is 2. The lowest BCUT2D eigenvalue weighted by Crippen LogP contribution is -2.56. The summed E-state index contributed by atoms with van der Waals surface area (Å²) in [7, 11) is 3.33. The first-order valence-electron chi connectivity index (χ1n) is 14.4. The maximum Gasteiger partial charge on any atom is 0.272 e. The van der Waals surface area contributed by atoms with Crippen LogP contribution in [0.5, 0.6) is 5.75 Å². The number of nitrogens with zero attached hydrogens (tertiary/aromatic N) is 1. The molecule has 0 bridgehead atoms. The Kier molecular flexibility index (Phi) is 12.9. The number of nitrogens with one attached hydrogen (secondary N) is 1. The smallest absolute Gasteiger partial charge is 0.272 e. The lowest BCUT2D eigenvalue weighted by molar-refractivity contribution is -0.0620. The van der Waals surface area contributed by atoms with E-state index in [0.717, 1.165) is 29.5 Å². The third-order valence-electron chi connectivity index (χ3n) is 8.15. The SMILES string of the molecule is C=Cc1cccc(C(=O)NN(C(=O)c2cc(OC)ccc2C)C(CCC)C(C)(C)C)c1C.COC(C)(C)C(C)(C)C.[HH]. The normalized spacial score (nSPS) is 12.5. The van der Waals surface area contributed by atoms with Crippen LogP contribution in [0, 0.1) is 24.7 Å². The molecule has 0 saturated heterocycles. The fourth-order valence-electron chi connectivity index (χ4n) is 4.18. The minimum absolute atomic E-state index is 0. The van der Waals surface area contributed by atoms with E-state index in [1.54, 1.807) is 32.4 Å². The summed E-state index contributed by atoms with van der Waals surface area (Å²) in [6.07, 6.45) is 3.36. The second-order valence-electron chi connectivity index (χ2n) is 13.2. The van der Waals surface area contributed by atoms with Crippen LogP contribution in [-0.2, 0) is 4.74 Å². The Morgan fingerprint density at radius 1 is 1.00 bits per heavy atom. The third kappa shape index (κ3) is 9.46. The first-order valence-corrected chi connectivity index (χ1v) is 14.4. The van der Waals surface area contributed by atoms with Gasteiger partial charge in [0.2, 0.25) is 0 Å². The van der Waals surface area contributed by atoms with E-state index in [2.05, 4.69) is 74.3 Å². The molecule has 0 fully saturated rings. The Labute approximate surface area is 251 Å². The highest BCUT2D eigenvalue weighted by Crippen LogP contribution is 2.32. The van der Waals surface area contributed by atoms with Crippen molar-refractivity contribution in [1.82, 2.24) is 10.4 Å². The number of amides is 2. The number of hydrogen-bond acceptors (Lipinski definition) is 4. The summed E-state index contributed by atoms with van der Waals surface area (Å²) >= 11 is 0. The van der Waals surface area contributed by atoms with Crippen LogP contribution in [0.1, 0.15) is 114 Å². The molecule has 6 nitrogen and oxygen atoms in total. The Morgan fingerprint density at radius 2 is 1.61 bits per heavy atom. The molecule has 6 heteroatoms. The third-order valence-corrected chi connectivity index (χ3v) is 8.15. The highest BCUT2D eigenvalue weighted by atomic mass is 16.5. The topological polar surface area (TPSA) is 67.9 Å². The van der Waals surface area contributed by atoms with Gasteiger partial charge in [-0.3, -0.25) is 15.0 Å². The van der Waals surface area contributed by atoms with Crippen LogP contribution in [0.4, 0.5) is 0 Å². The van der Waals surface area contributed by atoms with Gasteiger partial charge in [0.15, 0.2) is 0 Å². The molecule has 41 heavy (non-hydrogen) atoms. The average Bonchev–Trinajstić information content (AvgIpc) is 2.89. The number of rotatable bonds is 8. The van der Waals surface area contributed by atoms with Crippen molar-refractivity contribution in [1.29, 1.82) is 0 Å². The number of hydrogen-bond donors (Lipinski definition) is 1. The van der Waals surface area contributed by atoms with E-state index >= 15 is 0 Å². The fourth-order valence-corrected chi connectivity index (χ4v) is 4.18. The van der Waals surface area contributed by atoms with Gasteiger partial charge in [-0.2, -0.15) is 0 Å². The molecule has 0 heterocycles. The van der Waals surface area contributed by atoms with E-state index < -0.39 is 0 Å². The monoisotopic (exact) mass is 568 g/mol. The van der Waals surface area contributed by atoms with Crippen LogP contribution in [-0.4, -0.2) is 42.7 Å². The molecule has 2 rings (SSSR count). The van der Waals surface area contributed by atoms with Gasteiger partial charge in [-0.05, 0) is 79.8 Å². The van der Waals surface area contributed by atoms with Gasteiger partial charge in [0.1, 0.15) is 5.75 Å². The average molecular weight is 569 g/mol. The van der Waals surface area contributed by atoms with E-state index in [9.17, 15) is 9.59 Å². The number of hydrazine groups is 1. The number of ether oxygens (including phenoxy) is 2. The molecule has 1 unspecified atom stereocenters. The number of methoxy groups -OCH3 is 2. The molecule has 0 radical (unpaired) electrons. The molecule has 2 aromatic rings. The predicted octanol–water partition coefficient (Wildman–Crippen LogP) is 8.66. The predicted molar refractivity (Wildman–Crippen MR) is 173 cm³/mol. The molecular weight excluding hydrogens is 512 g/mol. The van der Waals surface area contributed by atoms with Crippen LogP contribution in [0.15, 0.2) is 43.0 Å². The summed E-state index contributed by atoms with van der Waals surface area (Å²) in [5, 5.41) is 1.52. The largest absolute Gasteiger partial charge is 0.497 e. The van der Waals surface area contributed by atoms with Gasteiger partial charge in [-0.1, -0.05) is 85.7 Å². The van der Waals surface area contributed by atoms with Gasteiger partial charge >= 0.3 is 0 Å². The van der Waals surface area contributed by atoms with E-state index in [0.29, 0.717) is 16.9 Å². The number of benzene rings is 2. The molecule has 0 saturated carbocycles. The van der Waals surface area contributed by atoms with Crippen molar-refractivity contribution in [2.24, 2.45) is 10.8 Å². The second kappa shape index (κ2) is 14.7. The minimum atomic E-state index is -0.314. The van der Waals surface area contributed by atoms with E-state index in [-0.39, 0.29) is 35.7 Å². The molecule has 2 amide bonds. The first-order chi connectivity index (χ1) is 18.9. The van der Waals surface area contributed by atoms with Gasteiger partial charge in [0, 0.05) is 19.7 Å². The van der Waals surface area contributed by atoms with Gasteiger partial charge in [0.05, 0.1) is 18.8 Å². The molecule has 2 aromatic carbocycles. The summed E-state index contributed by atoms with van der Waals surface area (Å²) < 4.78 is 10.6. The van der Waals surface area contributed by atoms with Gasteiger partial charge < -0.3 is 9.47 Å². The van der Waals surface area contributed by atoms with Crippen LogP contribution in [0.2, 0.25) is 0 Å². The fraction of sp³-hybridized carbons (Fsp3) is 0.543. The maximum atomic E-state index is 13.8. The maximum absolute atomic E-state index is 13.8. The Bertz CT molecular complexity index is 1190. The van der Waals surface area contributed by atoms with Crippen LogP contribution in [0.3, 0.4) is 0 Å². The minimum Gasteiger partial charge on any atom is -0.497 e. The zero-order chi connectivity index (χ0) is 31.8. The number of aryl methyl sites for hydroxylation is 1. The quantitative estimate of drug-likeness (QED) is 0.324. The Morgan fingerprint density at radius 3 is 2.05 bits per heavy atom. The zero-order valence-corrected chi connectivity index (χ0v) is 27.8. The molecule has 1 atom stereocenters. The van der Waals surface area contributed by atoms with Crippen molar-refractivity contribution in [3.8, 4) is 5.75 Å². The van der Waals surface area contributed by atoms with Gasteiger partial charge in [0.25, 0.3) is 11.8 Å². The summed E-state index contributed by atoms with van der Waals surface area (Å²) in [6.45, 7) is 26.7. The molecule has 1 N–H and O–H groups in total. The lowest BCUT2D eigenvalue weighted by Gasteiger charge is -2.40. The van der Waals surface area contributed by atoms with Gasteiger partial charge in [-0.25, -0.2) is 5.01 Å². The summed E-state index contributed by atoms with van der Waals surface area (Å²) in [4.78, 5) is 27.2. The van der Waals surface area contributed by atoms with Crippen LogP contribution < -0.4 is 10.2 Å².